The molecule has 90 valence electrons. The monoisotopic (exact) mass is 242 g/mol. The van der Waals surface area contributed by atoms with Crippen molar-refractivity contribution in [3.63, 3.8) is 0 Å². The second kappa shape index (κ2) is 3.76. The number of hydrogen-bond acceptors (Lipinski definition) is 3. The van der Waals surface area contributed by atoms with Gasteiger partial charge in [-0.1, -0.05) is 11.3 Å². The number of nitrogens with two attached hydrogens (primary N) is 1. The first kappa shape index (κ1) is 11.4. The van der Waals surface area contributed by atoms with E-state index in [9.17, 15) is 13.2 Å². The molecule has 1 aromatic heterocycles. The number of nitrogen functional groups attached to an aromatic ring is 1. The maximum atomic E-state index is 12.7. The Morgan fingerprint density at radius 1 is 1.29 bits per heavy atom. The SMILES string of the molecule is Cc1ccc(-n2cc(N)nn2)cc1C(F)(F)F. The van der Waals surface area contributed by atoms with Crippen molar-refractivity contribution < 1.29 is 13.2 Å². The summed E-state index contributed by atoms with van der Waals surface area (Å²) in [5.74, 6) is 0.152. The Morgan fingerprint density at radius 2 is 2.00 bits per heavy atom. The topological polar surface area (TPSA) is 56.7 Å². The van der Waals surface area contributed by atoms with E-state index in [0.29, 0.717) is 0 Å². The molecule has 0 saturated heterocycles. The van der Waals surface area contributed by atoms with Gasteiger partial charge in [-0.15, -0.1) is 5.10 Å². The highest BCUT2D eigenvalue weighted by molar-refractivity contribution is 5.42. The molecule has 0 unspecified atom stereocenters. The minimum Gasteiger partial charge on any atom is -0.381 e. The molecular formula is C10H9F3N4. The van der Waals surface area contributed by atoms with E-state index in [1.165, 1.54) is 29.9 Å². The molecule has 0 amide bonds. The minimum absolute atomic E-state index is 0.152. The third-order valence-electron chi connectivity index (χ3n) is 2.30. The lowest BCUT2D eigenvalue weighted by atomic mass is 10.1. The van der Waals surface area contributed by atoms with Gasteiger partial charge in [0.2, 0.25) is 0 Å². The highest BCUT2D eigenvalue weighted by Gasteiger charge is 2.32. The average Bonchev–Trinajstić information content (AvgIpc) is 2.64. The number of alkyl halides is 3. The fraction of sp³-hybridized carbons (Fsp3) is 0.200. The molecule has 0 aliphatic carbocycles. The van der Waals surface area contributed by atoms with E-state index in [2.05, 4.69) is 10.3 Å². The molecule has 17 heavy (non-hydrogen) atoms. The molecule has 0 aliphatic rings. The summed E-state index contributed by atoms with van der Waals surface area (Å²) in [5, 5.41) is 7.13. The molecule has 2 rings (SSSR count). The van der Waals surface area contributed by atoms with E-state index in [1.807, 2.05) is 0 Å². The van der Waals surface area contributed by atoms with Crippen LogP contribution in [0.15, 0.2) is 24.4 Å². The Hall–Kier alpha value is -2.05. The maximum absolute atomic E-state index is 12.7. The number of benzene rings is 1. The van der Waals surface area contributed by atoms with Gasteiger partial charge in [0, 0.05) is 0 Å². The summed E-state index contributed by atoms with van der Waals surface area (Å²) >= 11 is 0. The molecule has 1 heterocycles. The molecule has 2 aromatic rings. The Labute approximate surface area is 94.9 Å². The average molecular weight is 242 g/mol. The van der Waals surface area contributed by atoms with Crippen LogP contribution in [0, 0.1) is 6.92 Å². The first-order valence-electron chi connectivity index (χ1n) is 4.74. The number of aryl methyl sites for hydroxylation is 1. The predicted octanol–water partition coefficient (Wildman–Crippen LogP) is 2.18. The molecule has 2 N–H and O–H groups in total. The van der Waals surface area contributed by atoms with E-state index >= 15 is 0 Å². The zero-order valence-corrected chi connectivity index (χ0v) is 8.86. The number of hydrogen-bond donors (Lipinski definition) is 1. The van der Waals surface area contributed by atoms with Crippen LogP contribution in [0.4, 0.5) is 19.0 Å². The van der Waals surface area contributed by atoms with Crippen LogP contribution in [0.2, 0.25) is 0 Å². The Morgan fingerprint density at radius 3 is 2.53 bits per heavy atom. The second-order valence-electron chi connectivity index (χ2n) is 3.58. The van der Waals surface area contributed by atoms with Gasteiger partial charge in [-0.05, 0) is 24.6 Å². The van der Waals surface area contributed by atoms with Crippen molar-refractivity contribution in [2.24, 2.45) is 0 Å². The lowest BCUT2D eigenvalue weighted by molar-refractivity contribution is -0.138. The van der Waals surface area contributed by atoms with E-state index < -0.39 is 11.7 Å². The molecule has 0 spiro atoms. The summed E-state index contributed by atoms with van der Waals surface area (Å²) in [7, 11) is 0. The molecule has 4 nitrogen and oxygen atoms in total. The molecule has 1 aromatic carbocycles. The van der Waals surface area contributed by atoms with Gasteiger partial charge in [0.1, 0.15) is 0 Å². The van der Waals surface area contributed by atoms with Crippen molar-refractivity contribution in [3.8, 4) is 5.69 Å². The van der Waals surface area contributed by atoms with Gasteiger partial charge >= 0.3 is 6.18 Å². The van der Waals surface area contributed by atoms with Gasteiger partial charge in [0.05, 0.1) is 17.4 Å². The van der Waals surface area contributed by atoms with Crippen molar-refractivity contribution >= 4 is 5.82 Å². The fourth-order valence-electron chi connectivity index (χ4n) is 1.46. The van der Waals surface area contributed by atoms with Crippen molar-refractivity contribution in [2.45, 2.75) is 13.1 Å². The summed E-state index contributed by atoms with van der Waals surface area (Å²) in [6.45, 7) is 1.41. The van der Waals surface area contributed by atoms with Gasteiger partial charge in [-0.25, -0.2) is 4.68 Å². The number of anilines is 1. The Balaban J connectivity index is 2.51. The first-order chi connectivity index (χ1) is 7.88. The smallest absolute Gasteiger partial charge is 0.381 e. The van der Waals surface area contributed by atoms with E-state index in [4.69, 9.17) is 5.73 Å². The Bertz CT molecular complexity index is 545. The number of aromatic nitrogens is 3. The quantitative estimate of drug-likeness (QED) is 0.833. The van der Waals surface area contributed by atoms with Crippen LogP contribution < -0.4 is 5.73 Å². The first-order valence-corrected chi connectivity index (χ1v) is 4.74. The van der Waals surface area contributed by atoms with Crippen LogP contribution in [-0.2, 0) is 6.18 Å². The molecule has 0 fully saturated rings. The Kier molecular flexibility index (Phi) is 2.53. The summed E-state index contributed by atoms with van der Waals surface area (Å²) in [6, 6.07) is 3.93. The minimum atomic E-state index is -4.38. The molecule has 0 radical (unpaired) electrons. The van der Waals surface area contributed by atoms with E-state index in [-0.39, 0.29) is 17.1 Å². The van der Waals surface area contributed by atoms with Gasteiger partial charge in [-0.2, -0.15) is 13.2 Å². The van der Waals surface area contributed by atoms with E-state index in [1.54, 1.807) is 0 Å². The lowest BCUT2D eigenvalue weighted by Crippen LogP contribution is -2.09. The zero-order valence-electron chi connectivity index (χ0n) is 8.86. The second-order valence-corrected chi connectivity index (χ2v) is 3.58. The predicted molar refractivity (Wildman–Crippen MR) is 55.5 cm³/mol. The standard InChI is InChI=1S/C10H9F3N4/c1-6-2-3-7(4-8(6)10(11,12)13)17-5-9(14)15-16-17/h2-5H,14H2,1H3. The zero-order chi connectivity index (χ0) is 12.6. The molecule has 0 atom stereocenters. The normalized spacial score (nSPS) is 11.8. The molecule has 0 saturated carbocycles. The van der Waals surface area contributed by atoms with Crippen LogP contribution in [0.5, 0.6) is 0 Å². The van der Waals surface area contributed by atoms with Gasteiger partial charge in [0.15, 0.2) is 5.82 Å². The van der Waals surface area contributed by atoms with Gasteiger partial charge < -0.3 is 5.73 Å². The van der Waals surface area contributed by atoms with Crippen molar-refractivity contribution in [3.05, 3.63) is 35.5 Å². The molecular weight excluding hydrogens is 233 g/mol. The van der Waals surface area contributed by atoms with Crippen LogP contribution in [0.1, 0.15) is 11.1 Å². The summed E-state index contributed by atoms with van der Waals surface area (Å²) in [6.07, 6.45) is -3.03. The van der Waals surface area contributed by atoms with Crippen molar-refractivity contribution in [1.29, 1.82) is 0 Å². The molecule has 7 heteroatoms. The van der Waals surface area contributed by atoms with Crippen LogP contribution in [0.3, 0.4) is 0 Å². The highest BCUT2D eigenvalue weighted by Crippen LogP contribution is 2.32. The third kappa shape index (κ3) is 2.22. The van der Waals surface area contributed by atoms with Crippen molar-refractivity contribution in [1.82, 2.24) is 15.0 Å². The molecule has 0 aliphatic heterocycles. The van der Waals surface area contributed by atoms with Crippen LogP contribution >= 0.6 is 0 Å². The largest absolute Gasteiger partial charge is 0.416 e. The van der Waals surface area contributed by atoms with Crippen LogP contribution in [-0.4, -0.2) is 15.0 Å². The maximum Gasteiger partial charge on any atom is 0.416 e. The lowest BCUT2D eigenvalue weighted by Gasteiger charge is -2.11. The fourth-order valence-corrected chi connectivity index (χ4v) is 1.46. The number of rotatable bonds is 1. The highest BCUT2D eigenvalue weighted by atomic mass is 19.4. The van der Waals surface area contributed by atoms with Gasteiger partial charge in [-0.3, -0.25) is 0 Å². The number of nitrogens with zero attached hydrogens (tertiary/aromatic N) is 3. The summed E-state index contributed by atoms with van der Waals surface area (Å²) in [4.78, 5) is 0. The van der Waals surface area contributed by atoms with Crippen molar-refractivity contribution in [2.75, 3.05) is 5.73 Å². The summed E-state index contributed by atoms with van der Waals surface area (Å²) in [5.41, 5.74) is 5.09. The van der Waals surface area contributed by atoms with Gasteiger partial charge in [0.25, 0.3) is 0 Å². The third-order valence-corrected chi connectivity index (χ3v) is 2.30. The number of halogens is 3. The molecule has 0 bridgehead atoms. The van der Waals surface area contributed by atoms with E-state index in [0.717, 1.165) is 6.07 Å². The summed E-state index contributed by atoms with van der Waals surface area (Å²) < 4.78 is 39.2. The van der Waals surface area contributed by atoms with Crippen LogP contribution in [0.25, 0.3) is 5.69 Å².